The summed E-state index contributed by atoms with van der Waals surface area (Å²) in [5.74, 6) is 0.133. The van der Waals surface area contributed by atoms with Crippen LogP contribution in [0, 0.1) is 0 Å². The number of nitrogens with zero attached hydrogens (tertiary/aromatic N) is 3. The molecule has 0 saturated carbocycles. The average Bonchev–Trinajstić information content (AvgIpc) is 3.16. The Labute approximate surface area is 174 Å². The van der Waals surface area contributed by atoms with Crippen molar-refractivity contribution in [3.63, 3.8) is 0 Å². The third-order valence-corrected chi connectivity index (χ3v) is 6.11. The highest BCUT2D eigenvalue weighted by Crippen LogP contribution is 2.20. The van der Waals surface area contributed by atoms with Crippen molar-refractivity contribution in [2.24, 2.45) is 0 Å². The molecular weight excluding hydrogens is 396 g/mol. The second-order valence-electron chi connectivity index (χ2n) is 7.13. The van der Waals surface area contributed by atoms with E-state index in [1.165, 1.54) is 0 Å². The molecule has 0 aliphatic carbocycles. The van der Waals surface area contributed by atoms with Gasteiger partial charge in [-0.25, -0.2) is 4.98 Å². The van der Waals surface area contributed by atoms with Crippen molar-refractivity contribution in [3.05, 3.63) is 45.4 Å². The Bertz CT molecular complexity index is 814. The van der Waals surface area contributed by atoms with E-state index in [1.807, 2.05) is 29.6 Å². The molecule has 1 aromatic carbocycles. The molecular formula is C20H25ClN4O2S. The highest BCUT2D eigenvalue weighted by Gasteiger charge is 2.21. The van der Waals surface area contributed by atoms with Crippen LogP contribution in [0.5, 0.6) is 0 Å². The first-order valence-electron chi connectivity index (χ1n) is 9.41. The molecule has 8 heteroatoms. The van der Waals surface area contributed by atoms with Crippen molar-refractivity contribution in [3.8, 4) is 0 Å². The van der Waals surface area contributed by atoms with Gasteiger partial charge < -0.3 is 15.1 Å². The number of aromatic nitrogens is 1. The van der Waals surface area contributed by atoms with E-state index in [9.17, 15) is 9.59 Å². The number of carbonyl (C=O) groups is 2. The molecule has 1 saturated heterocycles. The van der Waals surface area contributed by atoms with Crippen molar-refractivity contribution >= 4 is 40.4 Å². The van der Waals surface area contributed by atoms with Crippen molar-refractivity contribution < 1.29 is 9.59 Å². The molecule has 1 fully saturated rings. The summed E-state index contributed by atoms with van der Waals surface area (Å²) in [7, 11) is 0. The third-order valence-electron chi connectivity index (χ3n) is 4.67. The number of thiazole rings is 1. The fraction of sp³-hybridized carbons (Fsp3) is 0.450. The Balaban J connectivity index is 1.41. The zero-order valence-electron chi connectivity index (χ0n) is 16.2. The number of amides is 2. The number of rotatable bonds is 6. The van der Waals surface area contributed by atoms with E-state index in [1.54, 1.807) is 16.2 Å². The quantitative estimate of drug-likeness (QED) is 0.780. The van der Waals surface area contributed by atoms with E-state index in [0.29, 0.717) is 24.0 Å². The molecule has 1 aliphatic heterocycles. The summed E-state index contributed by atoms with van der Waals surface area (Å²) in [4.78, 5) is 33.0. The van der Waals surface area contributed by atoms with Gasteiger partial charge >= 0.3 is 0 Å². The van der Waals surface area contributed by atoms with Crippen LogP contribution >= 0.6 is 22.9 Å². The van der Waals surface area contributed by atoms with E-state index in [2.05, 4.69) is 29.0 Å². The SMILES string of the molecule is CC(C)c1nc(CC(=O)NCC(=O)N2CCN(c3ccc(Cl)cc3)CC2)cs1. The molecule has 0 atom stereocenters. The van der Waals surface area contributed by atoms with Gasteiger partial charge in [0.25, 0.3) is 0 Å². The Morgan fingerprint density at radius 1 is 1.18 bits per heavy atom. The highest BCUT2D eigenvalue weighted by atomic mass is 35.5. The lowest BCUT2D eigenvalue weighted by Crippen LogP contribution is -2.51. The predicted octanol–water partition coefficient (Wildman–Crippen LogP) is 2.93. The Morgan fingerprint density at radius 2 is 1.86 bits per heavy atom. The number of anilines is 1. The Kier molecular flexibility index (Phi) is 6.91. The topological polar surface area (TPSA) is 65.5 Å². The van der Waals surface area contributed by atoms with Crippen LogP contribution in [0.25, 0.3) is 0 Å². The van der Waals surface area contributed by atoms with Gasteiger partial charge in [-0.2, -0.15) is 0 Å². The predicted molar refractivity (Wildman–Crippen MR) is 113 cm³/mol. The summed E-state index contributed by atoms with van der Waals surface area (Å²) >= 11 is 7.50. The molecule has 1 N–H and O–H groups in total. The molecule has 1 aliphatic rings. The molecule has 28 heavy (non-hydrogen) atoms. The van der Waals surface area contributed by atoms with Crippen LogP contribution < -0.4 is 10.2 Å². The molecule has 0 spiro atoms. The van der Waals surface area contributed by atoms with E-state index in [0.717, 1.165) is 29.5 Å². The van der Waals surface area contributed by atoms with Crippen LogP contribution in [0.1, 0.15) is 30.5 Å². The van der Waals surface area contributed by atoms with Crippen LogP contribution in [0.15, 0.2) is 29.6 Å². The summed E-state index contributed by atoms with van der Waals surface area (Å²) < 4.78 is 0. The van der Waals surface area contributed by atoms with Gasteiger partial charge in [-0.1, -0.05) is 25.4 Å². The first-order chi connectivity index (χ1) is 13.4. The Morgan fingerprint density at radius 3 is 2.46 bits per heavy atom. The van der Waals surface area contributed by atoms with Gasteiger partial charge in [-0.05, 0) is 24.3 Å². The smallest absolute Gasteiger partial charge is 0.242 e. The first kappa shape index (κ1) is 20.6. The second kappa shape index (κ2) is 9.39. The lowest BCUT2D eigenvalue weighted by Gasteiger charge is -2.36. The van der Waals surface area contributed by atoms with Crippen molar-refractivity contribution in [2.45, 2.75) is 26.2 Å². The van der Waals surface area contributed by atoms with Gasteiger partial charge in [-0.3, -0.25) is 9.59 Å². The van der Waals surface area contributed by atoms with Crippen molar-refractivity contribution in [1.29, 1.82) is 0 Å². The number of halogens is 1. The normalized spacial score (nSPS) is 14.4. The van der Waals surface area contributed by atoms with Crippen LogP contribution in [-0.4, -0.2) is 54.4 Å². The van der Waals surface area contributed by atoms with Crippen molar-refractivity contribution in [1.82, 2.24) is 15.2 Å². The number of nitrogens with one attached hydrogen (secondary N) is 1. The minimum atomic E-state index is -0.172. The molecule has 0 unspecified atom stereocenters. The lowest BCUT2D eigenvalue weighted by atomic mass is 10.2. The van der Waals surface area contributed by atoms with Crippen LogP contribution in [0.4, 0.5) is 5.69 Å². The molecule has 3 rings (SSSR count). The molecule has 6 nitrogen and oxygen atoms in total. The number of benzene rings is 1. The molecule has 0 radical (unpaired) electrons. The molecule has 1 aromatic heterocycles. The van der Waals surface area contributed by atoms with E-state index < -0.39 is 0 Å². The van der Waals surface area contributed by atoms with Gasteiger partial charge in [0.15, 0.2) is 0 Å². The van der Waals surface area contributed by atoms with Crippen LogP contribution in [0.3, 0.4) is 0 Å². The third kappa shape index (κ3) is 5.45. The van der Waals surface area contributed by atoms with E-state index in [4.69, 9.17) is 11.6 Å². The van der Waals surface area contributed by atoms with E-state index >= 15 is 0 Å². The highest BCUT2D eigenvalue weighted by molar-refractivity contribution is 7.09. The van der Waals surface area contributed by atoms with E-state index in [-0.39, 0.29) is 24.8 Å². The summed E-state index contributed by atoms with van der Waals surface area (Å²) in [6.45, 7) is 6.99. The second-order valence-corrected chi connectivity index (χ2v) is 8.46. The van der Waals surface area contributed by atoms with Gasteiger partial charge in [-0.15, -0.1) is 11.3 Å². The molecule has 2 heterocycles. The van der Waals surface area contributed by atoms with Gasteiger partial charge in [0, 0.05) is 48.2 Å². The van der Waals surface area contributed by atoms with Gasteiger partial charge in [0.2, 0.25) is 11.8 Å². The maximum Gasteiger partial charge on any atom is 0.242 e. The number of carbonyl (C=O) groups excluding carboxylic acids is 2. The van der Waals surface area contributed by atoms with Crippen LogP contribution in [0.2, 0.25) is 5.02 Å². The minimum absolute atomic E-state index is 0.0287. The summed E-state index contributed by atoms with van der Waals surface area (Å²) in [6, 6.07) is 7.72. The average molecular weight is 421 g/mol. The minimum Gasteiger partial charge on any atom is -0.368 e. The lowest BCUT2D eigenvalue weighted by molar-refractivity contribution is -0.133. The number of piperazine rings is 1. The molecule has 0 bridgehead atoms. The monoisotopic (exact) mass is 420 g/mol. The fourth-order valence-electron chi connectivity index (χ4n) is 3.05. The van der Waals surface area contributed by atoms with Gasteiger partial charge in [0.1, 0.15) is 0 Å². The van der Waals surface area contributed by atoms with Gasteiger partial charge in [0.05, 0.1) is 23.7 Å². The Hall–Kier alpha value is -2.12. The zero-order valence-corrected chi connectivity index (χ0v) is 17.7. The number of hydrogen-bond acceptors (Lipinski definition) is 5. The number of hydrogen-bond donors (Lipinski definition) is 1. The van der Waals surface area contributed by atoms with Crippen LogP contribution in [-0.2, 0) is 16.0 Å². The maximum absolute atomic E-state index is 12.4. The molecule has 150 valence electrons. The summed E-state index contributed by atoms with van der Waals surface area (Å²) in [5.41, 5.74) is 1.86. The first-order valence-corrected chi connectivity index (χ1v) is 10.7. The summed E-state index contributed by atoms with van der Waals surface area (Å²) in [6.07, 6.45) is 0.209. The summed E-state index contributed by atoms with van der Waals surface area (Å²) in [5, 5.41) is 6.37. The zero-order chi connectivity index (χ0) is 20.1. The van der Waals surface area contributed by atoms with Crippen molar-refractivity contribution in [2.75, 3.05) is 37.6 Å². The molecule has 2 aromatic rings. The molecule has 2 amide bonds. The maximum atomic E-state index is 12.4. The standard InChI is InChI=1S/C20H25ClN4O2S/c1-14(2)20-23-16(13-28-20)11-18(26)22-12-19(27)25-9-7-24(8-10-25)17-5-3-15(21)4-6-17/h3-6,13-14H,7-12H2,1-2H3,(H,22,26). The largest absolute Gasteiger partial charge is 0.368 e. The fourth-order valence-corrected chi connectivity index (χ4v) is 4.01.